The third-order valence-corrected chi connectivity index (χ3v) is 4.10. The van der Waals surface area contributed by atoms with Crippen LogP contribution in [0, 0.1) is 24.0 Å². The van der Waals surface area contributed by atoms with E-state index in [4.69, 9.17) is 9.47 Å². The molecule has 0 saturated heterocycles. The molecule has 0 bridgehead atoms. The van der Waals surface area contributed by atoms with E-state index in [1.165, 1.54) is 19.2 Å². The molecule has 7 heteroatoms. The fourth-order valence-electron chi connectivity index (χ4n) is 1.82. The van der Waals surface area contributed by atoms with Crippen molar-refractivity contribution in [3.8, 4) is 17.5 Å². The van der Waals surface area contributed by atoms with Crippen molar-refractivity contribution in [1.29, 1.82) is 0 Å². The van der Waals surface area contributed by atoms with Gasteiger partial charge in [0.25, 0.3) is 0 Å². The van der Waals surface area contributed by atoms with Gasteiger partial charge in [-0.15, -0.1) is 0 Å². The highest BCUT2D eigenvalue weighted by Gasteiger charge is 2.19. The third kappa shape index (κ3) is 3.30. The SMILES string of the molecule is COc1ccc([N+](=O)[O-])c(Oc2cc(C)c(Br)c(C)c2)n1. The van der Waals surface area contributed by atoms with E-state index in [-0.39, 0.29) is 17.4 Å². The number of hydrogen-bond acceptors (Lipinski definition) is 5. The molecule has 0 amide bonds. The van der Waals surface area contributed by atoms with Crippen LogP contribution in [-0.4, -0.2) is 17.0 Å². The van der Waals surface area contributed by atoms with Gasteiger partial charge in [0.15, 0.2) is 0 Å². The molecule has 0 spiro atoms. The van der Waals surface area contributed by atoms with E-state index in [1.54, 1.807) is 12.1 Å². The first-order chi connectivity index (χ1) is 9.92. The van der Waals surface area contributed by atoms with Gasteiger partial charge in [-0.25, -0.2) is 0 Å². The fourth-order valence-corrected chi connectivity index (χ4v) is 2.05. The molecule has 0 radical (unpaired) electrons. The smallest absolute Gasteiger partial charge is 0.331 e. The number of nitrogens with zero attached hydrogens (tertiary/aromatic N) is 2. The Morgan fingerprint density at radius 2 is 1.86 bits per heavy atom. The van der Waals surface area contributed by atoms with Crippen LogP contribution < -0.4 is 9.47 Å². The summed E-state index contributed by atoms with van der Waals surface area (Å²) in [6, 6.07) is 6.28. The summed E-state index contributed by atoms with van der Waals surface area (Å²) in [5.74, 6) is 0.638. The number of halogens is 1. The van der Waals surface area contributed by atoms with Crippen LogP contribution >= 0.6 is 15.9 Å². The van der Waals surface area contributed by atoms with Gasteiger partial charge in [-0.2, -0.15) is 4.98 Å². The molecule has 110 valence electrons. The van der Waals surface area contributed by atoms with Crippen LogP contribution in [0.4, 0.5) is 5.69 Å². The topological polar surface area (TPSA) is 74.5 Å². The Bertz CT molecular complexity index is 680. The summed E-state index contributed by atoms with van der Waals surface area (Å²) < 4.78 is 11.5. The molecule has 0 atom stereocenters. The Hall–Kier alpha value is -2.15. The monoisotopic (exact) mass is 352 g/mol. The van der Waals surface area contributed by atoms with Crippen molar-refractivity contribution < 1.29 is 14.4 Å². The maximum atomic E-state index is 11.0. The summed E-state index contributed by atoms with van der Waals surface area (Å²) in [6.07, 6.45) is 0. The number of pyridine rings is 1. The number of benzene rings is 1. The van der Waals surface area contributed by atoms with E-state index in [1.807, 2.05) is 13.8 Å². The van der Waals surface area contributed by atoms with E-state index in [2.05, 4.69) is 20.9 Å². The molecule has 0 aliphatic heterocycles. The van der Waals surface area contributed by atoms with E-state index in [0.717, 1.165) is 15.6 Å². The highest BCUT2D eigenvalue weighted by Crippen LogP contribution is 2.34. The molecule has 0 saturated carbocycles. The predicted octanol–water partition coefficient (Wildman–Crippen LogP) is 4.17. The van der Waals surface area contributed by atoms with Crippen LogP contribution in [0.2, 0.25) is 0 Å². The Morgan fingerprint density at radius 1 is 1.24 bits per heavy atom. The standard InChI is InChI=1S/C14H13BrN2O4/c1-8-6-10(7-9(2)13(8)15)21-14-11(17(18)19)4-5-12(16-14)20-3/h4-7H,1-3H3. The number of rotatable bonds is 4. The Kier molecular flexibility index (Phi) is 4.42. The molecule has 0 aliphatic carbocycles. The third-order valence-electron chi connectivity index (χ3n) is 2.84. The minimum atomic E-state index is -0.541. The van der Waals surface area contributed by atoms with Crippen LogP contribution in [0.15, 0.2) is 28.7 Å². The van der Waals surface area contributed by atoms with E-state index in [0.29, 0.717) is 5.75 Å². The largest absolute Gasteiger partial charge is 0.481 e. The molecule has 1 aromatic carbocycles. The second-order valence-electron chi connectivity index (χ2n) is 4.41. The summed E-state index contributed by atoms with van der Waals surface area (Å²) in [5, 5.41) is 11.0. The lowest BCUT2D eigenvalue weighted by Crippen LogP contribution is -1.98. The zero-order chi connectivity index (χ0) is 15.6. The second kappa shape index (κ2) is 6.09. The number of nitro groups is 1. The lowest BCUT2D eigenvalue weighted by molar-refractivity contribution is -0.386. The molecule has 0 N–H and O–H groups in total. The highest BCUT2D eigenvalue weighted by molar-refractivity contribution is 9.10. The molecule has 6 nitrogen and oxygen atoms in total. The first kappa shape index (κ1) is 15.2. The van der Waals surface area contributed by atoms with Crippen LogP contribution in [0.3, 0.4) is 0 Å². The zero-order valence-electron chi connectivity index (χ0n) is 11.7. The van der Waals surface area contributed by atoms with Gasteiger partial charge in [0.1, 0.15) is 5.75 Å². The molecule has 0 fully saturated rings. The molecule has 21 heavy (non-hydrogen) atoms. The van der Waals surface area contributed by atoms with Crippen molar-refractivity contribution in [1.82, 2.24) is 4.98 Å². The van der Waals surface area contributed by atoms with Gasteiger partial charge in [-0.1, -0.05) is 15.9 Å². The van der Waals surface area contributed by atoms with Crippen molar-refractivity contribution >= 4 is 21.6 Å². The summed E-state index contributed by atoms with van der Waals surface area (Å²) >= 11 is 3.46. The van der Waals surface area contributed by atoms with Crippen molar-refractivity contribution in [2.24, 2.45) is 0 Å². The van der Waals surface area contributed by atoms with Crippen LogP contribution in [0.5, 0.6) is 17.5 Å². The first-order valence-corrected chi connectivity index (χ1v) is 6.85. The summed E-state index contributed by atoms with van der Waals surface area (Å²) in [6.45, 7) is 3.83. The van der Waals surface area contributed by atoms with Gasteiger partial charge in [0, 0.05) is 16.6 Å². The van der Waals surface area contributed by atoms with Gasteiger partial charge in [-0.05, 0) is 37.1 Å². The van der Waals surface area contributed by atoms with Gasteiger partial charge in [0.2, 0.25) is 5.88 Å². The van der Waals surface area contributed by atoms with Crippen LogP contribution in [0.1, 0.15) is 11.1 Å². The predicted molar refractivity (Wildman–Crippen MR) is 81.1 cm³/mol. The van der Waals surface area contributed by atoms with Crippen molar-refractivity contribution in [2.45, 2.75) is 13.8 Å². The van der Waals surface area contributed by atoms with Gasteiger partial charge >= 0.3 is 11.6 Å². The molecule has 0 unspecified atom stereocenters. The number of ether oxygens (including phenoxy) is 2. The number of aryl methyl sites for hydroxylation is 2. The molecule has 1 heterocycles. The van der Waals surface area contributed by atoms with Crippen molar-refractivity contribution in [2.75, 3.05) is 7.11 Å². The first-order valence-electron chi connectivity index (χ1n) is 6.06. The molecular formula is C14H13BrN2O4. The lowest BCUT2D eigenvalue weighted by atomic mass is 10.1. The Labute approximate surface area is 130 Å². The average Bonchev–Trinajstić information content (AvgIpc) is 2.44. The molecule has 1 aromatic heterocycles. The van der Waals surface area contributed by atoms with Gasteiger partial charge in [-0.3, -0.25) is 10.1 Å². The highest BCUT2D eigenvalue weighted by atomic mass is 79.9. The van der Waals surface area contributed by atoms with E-state index < -0.39 is 4.92 Å². The summed E-state index contributed by atoms with van der Waals surface area (Å²) in [5.41, 5.74) is 1.72. The Morgan fingerprint density at radius 3 is 2.38 bits per heavy atom. The average molecular weight is 353 g/mol. The zero-order valence-corrected chi connectivity index (χ0v) is 13.3. The molecular weight excluding hydrogens is 340 g/mol. The maximum absolute atomic E-state index is 11.0. The number of aromatic nitrogens is 1. The summed E-state index contributed by atoms with van der Waals surface area (Å²) in [7, 11) is 1.44. The fraction of sp³-hybridized carbons (Fsp3) is 0.214. The Balaban J connectivity index is 2.45. The molecule has 2 rings (SSSR count). The molecule has 2 aromatic rings. The van der Waals surface area contributed by atoms with Crippen LogP contribution in [-0.2, 0) is 0 Å². The minimum absolute atomic E-state index is 0.0968. The number of hydrogen-bond donors (Lipinski definition) is 0. The van der Waals surface area contributed by atoms with E-state index >= 15 is 0 Å². The molecule has 0 aliphatic rings. The number of methoxy groups -OCH3 is 1. The van der Waals surface area contributed by atoms with Gasteiger partial charge < -0.3 is 9.47 Å². The van der Waals surface area contributed by atoms with Crippen molar-refractivity contribution in [3.63, 3.8) is 0 Å². The van der Waals surface area contributed by atoms with Crippen LogP contribution in [0.25, 0.3) is 0 Å². The normalized spacial score (nSPS) is 10.3. The second-order valence-corrected chi connectivity index (χ2v) is 5.20. The van der Waals surface area contributed by atoms with Gasteiger partial charge in [0.05, 0.1) is 12.0 Å². The quantitative estimate of drug-likeness (QED) is 0.609. The minimum Gasteiger partial charge on any atom is -0.481 e. The van der Waals surface area contributed by atoms with E-state index in [9.17, 15) is 10.1 Å². The lowest BCUT2D eigenvalue weighted by Gasteiger charge is -2.10. The maximum Gasteiger partial charge on any atom is 0.331 e. The summed E-state index contributed by atoms with van der Waals surface area (Å²) in [4.78, 5) is 14.5. The van der Waals surface area contributed by atoms with Crippen molar-refractivity contribution in [3.05, 3.63) is 50.0 Å².